The van der Waals surface area contributed by atoms with E-state index in [-0.39, 0.29) is 23.8 Å². The van der Waals surface area contributed by atoms with Gasteiger partial charge in [0.15, 0.2) is 5.75 Å². The molecule has 0 saturated heterocycles. The summed E-state index contributed by atoms with van der Waals surface area (Å²) in [5.74, 6) is -0.419. The van der Waals surface area contributed by atoms with E-state index >= 15 is 0 Å². The third kappa shape index (κ3) is 1.40. The molecule has 0 aromatic carbocycles. The highest BCUT2D eigenvalue weighted by Gasteiger charge is 2.07. The Kier molecular flexibility index (Phi) is 2.35. The molecule has 0 radical (unpaired) electrons. The van der Waals surface area contributed by atoms with Crippen molar-refractivity contribution in [1.29, 1.82) is 0 Å². The lowest BCUT2D eigenvalue weighted by molar-refractivity contribution is 0.274. The number of aliphatic hydroxyl groups is 1. The maximum atomic E-state index is 11.0. The zero-order valence-corrected chi connectivity index (χ0v) is 6.50. The molecule has 5 nitrogen and oxygen atoms in total. The summed E-state index contributed by atoms with van der Waals surface area (Å²) in [6.07, 6.45) is 0. The van der Waals surface area contributed by atoms with Crippen molar-refractivity contribution in [2.45, 2.75) is 6.61 Å². The first-order valence-electron chi connectivity index (χ1n) is 3.29. The molecule has 1 rings (SSSR count). The van der Waals surface area contributed by atoms with Crippen LogP contribution in [0.5, 0.6) is 11.5 Å². The Balaban J connectivity index is 3.28. The molecule has 0 amide bonds. The molecule has 66 valence electrons. The van der Waals surface area contributed by atoms with Crippen LogP contribution in [0.4, 0.5) is 0 Å². The van der Waals surface area contributed by atoms with E-state index in [1.165, 1.54) is 13.2 Å². The van der Waals surface area contributed by atoms with Gasteiger partial charge in [0.1, 0.15) is 0 Å². The molecule has 0 unspecified atom stereocenters. The van der Waals surface area contributed by atoms with E-state index in [0.717, 1.165) is 0 Å². The van der Waals surface area contributed by atoms with Crippen molar-refractivity contribution >= 4 is 0 Å². The Labute approximate surface area is 68.2 Å². The second kappa shape index (κ2) is 3.27. The first-order chi connectivity index (χ1) is 5.69. The van der Waals surface area contributed by atoms with E-state index in [1.54, 1.807) is 0 Å². The average Bonchev–Trinajstić information content (AvgIpc) is 2.03. The maximum absolute atomic E-state index is 11.0. The summed E-state index contributed by atoms with van der Waals surface area (Å²) in [6, 6.07) is 1.24. The van der Waals surface area contributed by atoms with Crippen LogP contribution >= 0.6 is 0 Å². The molecule has 0 aliphatic rings. The number of H-pyrrole nitrogens is 1. The van der Waals surface area contributed by atoms with Crippen LogP contribution in [-0.2, 0) is 6.61 Å². The van der Waals surface area contributed by atoms with Crippen LogP contribution in [0, 0.1) is 0 Å². The lowest BCUT2D eigenvalue weighted by atomic mass is 10.3. The SMILES string of the molecule is COc1c(O)cc(CO)[nH]c1=O. The molecule has 1 aromatic rings. The van der Waals surface area contributed by atoms with Crippen molar-refractivity contribution in [2.24, 2.45) is 0 Å². The molecule has 1 aromatic heterocycles. The molecule has 0 aliphatic carbocycles. The molecule has 0 saturated carbocycles. The van der Waals surface area contributed by atoms with Crippen molar-refractivity contribution in [3.63, 3.8) is 0 Å². The zero-order valence-electron chi connectivity index (χ0n) is 6.50. The van der Waals surface area contributed by atoms with Gasteiger partial charge in [0.2, 0.25) is 5.75 Å². The summed E-state index contributed by atoms with van der Waals surface area (Å²) < 4.78 is 4.60. The fraction of sp³-hybridized carbons (Fsp3) is 0.286. The number of aromatic amines is 1. The number of hydrogen-bond acceptors (Lipinski definition) is 4. The third-order valence-corrected chi connectivity index (χ3v) is 1.40. The van der Waals surface area contributed by atoms with Crippen LogP contribution in [0.25, 0.3) is 0 Å². The van der Waals surface area contributed by atoms with Gasteiger partial charge in [0.05, 0.1) is 13.7 Å². The first-order valence-corrected chi connectivity index (χ1v) is 3.29. The fourth-order valence-corrected chi connectivity index (χ4v) is 0.868. The third-order valence-electron chi connectivity index (χ3n) is 1.40. The number of pyridine rings is 1. The van der Waals surface area contributed by atoms with Gasteiger partial charge in [-0.2, -0.15) is 0 Å². The normalized spacial score (nSPS) is 9.83. The largest absolute Gasteiger partial charge is 0.504 e. The van der Waals surface area contributed by atoms with Crippen molar-refractivity contribution < 1.29 is 14.9 Å². The minimum Gasteiger partial charge on any atom is -0.504 e. The van der Waals surface area contributed by atoms with Crippen LogP contribution in [0.15, 0.2) is 10.9 Å². The minimum absolute atomic E-state index is 0.146. The molecule has 3 N–H and O–H groups in total. The molecule has 0 atom stereocenters. The van der Waals surface area contributed by atoms with E-state index in [1.807, 2.05) is 0 Å². The molecule has 1 heterocycles. The number of aliphatic hydroxyl groups excluding tert-OH is 1. The molecular weight excluding hydrogens is 162 g/mol. The number of ether oxygens (including phenoxy) is 1. The Morgan fingerprint density at radius 2 is 2.33 bits per heavy atom. The lowest BCUT2D eigenvalue weighted by Gasteiger charge is -2.02. The Morgan fingerprint density at radius 1 is 1.67 bits per heavy atom. The van der Waals surface area contributed by atoms with Crippen LogP contribution < -0.4 is 10.3 Å². The number of aromatic hydroxyl groups is 1. The second-order valence-corrected chi connectivity index (χ2v) is 2.20. The van der Waals surface area contributed by atoms with E-state index in [0.29, 0.717) is 0 Å². The number of rotatable bonds is 2. The Bertz CT molecular complexity index is 331. The summed E-state index contributed by atoms with van der Waals surface area (Å²) in [5, 5.41) is 17.8. The molecule has 12 heavy (non-hydrogen) atoms. The van der Waals surface area contributed by atoms with E-state index < -0.39 is 5.56 Å². The van der Waals surface area contributed by atoms with Gasteiger partial charge in [-0.1, -0.05) is 0 Å². The van der Waals surface area contributed by atoms with Gasteiger partial charge in [-0.25, -0.2) is 0 Å². The highest BCUT2D eigenvalue weighted by molar-refractivity contribution is 5.37. The number of aromatic nitrogens is 1. The van der Waals surface area contributed by atoms with Crippen LogP contribution in [-0.4, -0.2) is 22.3 Å². The summed E-state index contributed by atoms with van der Waals surface area (Å²) in [6.45, 7) is -0.327. The fourth-order valence-electron chi connectivity index (χ4n) is 0.868. The minimum atomic E-state index is -0.554. The topological polar surface area (TPSA) is 82.5 Å². The summed E-state index contributed by atoms with van der Waals surface area (Å²) in [7, 11) is 1.28. The van der Waals surface area contributed by atoms with Crippen LogP contribution in [0.1, 0.15) is 5.69 Å². The standard InChI is InChI=1S/C7H9NO4/c1-12-6-5(10)2-4(3-9)8-7(6)11/h2,9H,3H2,1H3,(H2,8,10,11). The van der Waals surface area contributed by atoms with Gasteiger partial charge in [0.25, 0.3) is 5.56 Å². The predicted molar refractivity (Wildman–Crippen MR) is 41.2 cm³/mol. The number of hydrogen-bond donors (Lipinski definition) is 3. The predicted octanol–water partition coefficient (Wildman–Crippen LogP) is -0.419. The van der Waals surface area contributed by atoms with Gasteiger partial charge < -0.3 is 19.9 Å². The molecule has 0 fully saturated rings. The number of methoxy groups -OCH3 is 1. The Morgan fingerprint density at radius 3 is 2.75 bits per heavy atom. The second-order valence-electron chi connectivity index (χ2n) is 2.20. The molecule has 0 aliphatic heterocycles. The highest BCUT2D eigenvalue weighted by Crippen LogP contribution is 2.19. The molecule has 0 bridgehead atoms. The van der Waals surface area contributed by atoms with Gasteiger partial charge in [-0.05, 0) is 0 Å². The quantitative estimate of drug-likeness (QED) is 0.564. The molecule has 0 spiro atoms. The zero-order chi connectivity index (χ0) is 9.14. The maximum Gasteiger partial charge on any atom is 0.294 e. The first kappa shape index (κ1) is 8.61. The monoisotopic (exact) mass is 171 g/mol. The smallest absolute Gasteiger partial charge is 0.294 e. The lowest BCUT2D eigenvalue weighted by Crippen LogP contribution is -2.11. The van der Waals surface area contributed by atoms with E-state index in [4.69, 9.17) is 10.2 Å². The van der Waals surface area contributed by atoms with Gasteiger partial charge >= 0.3 is 0 Å². The van der Waals surface area contributed by atoms with E-state index in [9.17, 15) is 4.79 Å². The van der Waals surface area contributed by atoms with E-state index in [2.05, 4.69) is 9.72 Å². The number of nitrogens with one attached hydrogen (secondary N) is 1. The van der Waals surface area contributed by atoms with Gasteiger partial charge in [-0.15, -0.1) is 0 Å². The van der Waals surface area contributed by atoms with Crippen LogP contribution in [0.2, 0.25) is 0 Å². The van der Waals surface area contributed by atoms with Crippen molar-refractivity contribution in [3.8, 4) is 11.5 Å². The summed E-state index contributed by atoms with van der Waals surface area (Å²) in [4.78, 5) is 13.3. The summed E-state index contributed by atoms with van der Waals surface area (Å²) >= 11 is 0. The van der Waals surface area contributed by atoms with Crippen molar-refractivity contribution in [1.82, 2.24) is 4.98 Å². The summed E-state index contributed by atoms with van der Waals surface area (Å²) in [5.41, 5.74) is -0.306. The van der Waals surface area contributed by atoms with Gasteiger partial charge in [-0.3, -0.25) is 4.79 Å². The Hall–Kier alpha value is -1.49. The van der Waals surface area contributed by atoms with Crippen molar-refractivity contribution in [2.75, 3.05) is 7.11 Å². The van der Waals surface area contributed by atoms with Crippen molar-refractivity contribution in [3.05, 3.63) is 22.1 Å². The highest BCUT2D eigenvalue weighted by atomic mass is 16.5. The molecule has 5 heteroatoms. The van der Waals surface area contributed by atoms with Crippen LogP contribution in [0.3, 0.4) is 0 Å². The average molecular weight is 171 g/mol. The van der Waals surface area contributed by atoms with Gasteiger partial charge in [0, 0.05) is 11.8 Å². The molecular formula is C7H9NO4.